The van der Waals surface area contributed by atoms with Crippen LogP contribution in [0.5, 0.6) is 0 Å². The molecule has 0 aliphatic heterocycles. The number of fused-ring (bicyclic) bond motifs is 2. The Morgan fingerprint density at radius 1 is 0.711 bits per heavy atom. The lowest BCUT2D eigenvalue weighted by Gasteiger charge is -2.10. The van der Waals surface area contributed by atoms with E-state index < -0.39 is 0 Å². The molecule has 0 aliphatic rings. The summed E-state index contributed by atoms with van der Waals surface area (Å²) in [6.07, 6.45) is 10.8. The van der Waals surface area contributed by atoms with Gasteiger partial charge in [-0.15, -0.1) is 0 Å². The third-order valence-corrected chi connectivity index (χ3v) is 8.11. The molecule has 0 N–H and O–H groups in total. The van der Waals surface area contributed by atoms with Crippen molar-refractivity contribution >= 4 is 43.2 Å². The van der Waals surface area contributed by atoms with Gasteiger partial charge in [-0.25, -0.2) is 9.97 Å². The van der Waals surface area contributed by atoms with Gasteiger partial charge in [0.25, 0.3) is 11.1 Å². The van der Waals surface area contributed by atoms with Crippen LogP contribution in [0.1, 0.15) is 22.5 Å². The maximum absolute atomic E-state index is 12.5. The van der Waals surface area contributed by atoms with Gasteiger partial charge in [-0.1, -0.05) is 44.0 Å². The zero-order valence-corrected chi connectivity index (χ0v) is 24.4. The highest BCUT2D eigenvalue weighted by molar-refractivity contribution is 9.10. The number of hydrogen-bond acceptors (Lipinski definition) is 4. The molecule has 2 aromatic carbocycles. The number of rotatable bonds is 2. The zero-order chi connectivity index (χ0) is 27.1. The highest BCUT2D eigenvalue weighted by Crippen LogP contribution is 2.22. The Morgan fingerprint density at radius 2 is 1.26 bits per heavy atom. The van der Waals surface area contributed by atoms with Crippen LogP contribution in [0.2, 0.25) is 0 Å². The Bertz CT molecular complexity index is 1880. The summed E-state index contributed by atoms with van der Waals surface area (Å²) in [4.78, 5) is 33.4. The van der Waals surface area contributed by atoms with Crippen molar-refractivity contribution in [1.82, 2.24) is 27.9 Å². The quantitative estimate of drug-likeness (QED) is 0.244. The SMILES string of the molecule is Cc1c(Br)cccc1-n1ccn2c(C)cnc2c1=O.Cc1cn2ccn(-c3cccc(Br)c3C)c(=O)c2n1. The number of nitrogens with zero attached hydrogens (tertiary/aromatic N) is 6. The number of hydrogen-bond donors (Lipinski definition) is 0. The summed E-state index contributed by atoms with van der Waals surface area (Å²) in [6.45, 7) is 7.76. The van der Waals surface area contributed by atoms with Gasteiger partial charge >= 0.3 is 0 Å². The first-order valence-electron chi connectivity index (χ1n) is 11.8. The van der Waals surface area contributed by atoms with Crippen LogP contribution in [0, 0.1) is 27.7 Å². The van der Waals surface area contributed by atoms with Gasteiger partial charge in [-0.05, 0) is 63.1 Å². The number of halogens is 2. The van der Waals surface area contributed by atoms with Gasteiger partial charge in [0.1, 0.15) is 0 Å². The van der Waals surface area contributed by atoms with Crippen molar-refractivity contribution in [2.24, 2.45) is 0 Å². The topological polar surface area (TPSA) is 78.6 Å². The molecule has 0 bridgehead atoms. The molecule has 4 heterocycles. The minimum atomic E-state index is -0.114. The van der Waals surface area contributed by atoms with E-state index in [2.05, 4.69) is 41.8 Å². The van der Waals surface area contributed by atoms with Crippen molar-refractivity contribution in [3.63, 3.8) is 0 Å². The zero-order valence-electron chi connectivity index (χ0n) is 21.2. The van der Waals surface area contributed by atoms with Crippen LogP contribution >= 0.6 is 31.9 Å². The summed E-state index contributed by atoms with van der Waals surface area (Å²) in [7, 11) is 0. The average Bonchev–Trinajstić information content (AvgIpc) is 3.47. The van der Waals surface area contributed by atoms with Gasteiger partial charge in [0.2, 0.25) is 11.3 Å². The maximum Gasteiger partial charge on any atom is 0.298 e. The molecule has 4 aromatic heterocycles. The molecule has 0 spiro atoms. The molecular formula is C28H24Br2N6O2. The minimum Gasteiger partial charge on any atom is -0.301 e. The fourth-order valence-electron chi connectivity index (χ4n) is 4.30. The Labute approximate surface area is 235 Å². The molecule has 0 atom stereocenters. The summed E-state index contributed by atoms with van der Waals surface area (Å²) in [6, 6.07) is 11.6. The van der Waals surface area contributed by atoms with E-state index in [0.29, 0.717) is 11.3 Å². The highest BCUT2D eigenvalue weighted by Gasteiger charge is 2.11. The van der Waals surface area contributed by atoms with E-state index in [0.717, 1.165) is 42.8 Å². The lowest BCUT2D eigenvalue weighted by Crippen LogP contribution is -2.21. The fraction of sp³-hybridized carbons (Fsp3) is 0.143. The lowest BCUT2D eigenvalue weighted by atomic mass is 10.2. The van der Waals surface area contributed by atoms with E-state index in [1.807, 2.05) is 82.7 Å². The first-order valence-corrected chi connectivity index (χ1v) is 13.4. The molecule has 6 aromatic rings. The molecule has 38 heavy (non-hydrogen) atoms. The van der Waals surface area contributed by atoms with Crippen LogP contribution in [0.15, 0.2) is 92.1 Å². The summed E-state index contributed by atoms with van der Waals surface area (Å²) >= 11 is 6.97. The van der Waals surface area contributed by atoms with Crippen molar-refractivity contribution in [3.8, 4) is 11.4 Å². The van der Waals surface area contributed by atoms with Crippen molar-refractivity contribution in [1.29, 1.82) is 0 Å². The third kappa shape index (κ3) is 4.54. The van der Waals surface area contributed by atoms with E-state index in [9.17, 15) is 9.59 Å². The summed E-state index contributed by atoms with van der Waals surface area (Å²) in [5.74, 6) is 0. The third-order valence-electron chi connectivity index (χ3n) is 6.39. The Hall–Kier alpha value is -3.76. The second-order valence-electron chi connectivity index (χ2n) is 8.92. The number of imidazole rings is 2. The van der Waals surface area contributed by atoms with Crippen molar-refractivity contribution in [2.45, 2.75) is 27.7 Å². The van der Waals surface area contributed by atoms with Crippen LogP contribution in [-0.2, 0) is 0 Å². The molecule has 0 fully saturated rings. The molecule has 0 saturated carbocycles. The van der Waals surface area contributed by atoms with Crippen LogP contribution in [0.4, 0.5) is 0 Å². The fourth-order valence-corrected chi connectivity index (χ4v) is 5.01. The molecular weight excluding hydrogens is 612 g/mol. The molecule has 0 saturated heterocycles. The number of aryl methyl sites for hydroxylation is 2. The number of benzene rings is 2. The van der Waals surface area contributed by atoms with Gasteiger partial charge in [0.15, 0.2) is 0 Å². The highest BCUT2D eigenvalue weighted by atomic mass is 79.9. The lowest BCUT2D eigenvalue weighted by molar-refractivity contribution is 0.931. The van der Waals surface area contributed by atoms with Crippen molar-refractivity contribution in [3.05, 3.63) is 126 Å². The van der Waals surface area contributed by atoms with Gasteiger partial charge in [0.05, 0.1) is 17.1 Å². The monoisotopic (exact) mass is 634 g/mol. The number of aromatic nitrogens is 6. The molecule has 0 amide bonds. The van der Waals surface area contributed by atoms with Gasteiger partial charge in [-0.3, -0.25) is 23.1 Å². The second-order valence-corrected chi connectivity index (χ2v) is 10.6. The first-order chi connectivity index (χ1) is 18.2. The normalized spacial score (nSPS) is 11.1. The molecule has 192 valence electrons. The Balaban J connectivity index is 0.000000155. The summed E-state index contributed by atoms with van der Waals surface area (Å²) in [5.41, 5.74) is 6.22. The molecule has 8 nitrogen and oxygen atoms in total. The van der Waals surface area contributed by atoms with E-state index in [1.165, 1.54) is 0 Å². The molecule has 0 radical (unpaired) electrons. The standard InChI is InChI=1S/2C14H12BrN3O/c1-9-8-17-6-7-18(14(19)13(17)16-9)12-5-3-4-11(15)10(12)2;1-9-8-16-13-14(19)18(7-6-17(9)13)12-5-3-4-11(15)10(12)2/h2*3-8H,1-2H3. The predicted octanol–water partition coefficient (Wildman–Crippen LogP) is 5.73. The van der Waals surface area contributed by atoms with E-state index >= 15 is 0 Å². The largest absolute Gasteiger partial charge is 0.301 e. The molecule has 0 unspecified atom stereocenters. The maximum atomic E-state index is 12.5. The average molecular weight is 636 g/mol. The van der Waals surface area contributed by atoms with E-state index in [4.69, 9.17) is 0 Å². The molecule has 0 aliphatic carbocycles. The first kappa shape index (κ1) is 25.9. The summed E-state index contributed by atoms with van der Waals surface area (Å²) in [5, 5.41) is 0. The van der Waals surface area contributed by atoms with Gasteiger partial charge in [-0.2, -0.15) is 0 Å². The van der Waals surface area contributed by atoms with E-state index in [-0.39, 0.29) is 11.1 Å². The summed E-state index contributed by atoms with van der Waals surface area (Å²) < 4.78 is 8.77. The van der Waals surface area contributed by atoms with Crippen LogP contribution in [-0.4, -0.2) is 27.9 Å². The molecule has 6 rings (SSSR count). The van der Waals surface area contributed by atoms with Crippen molar-refractivity contribution < 1.29 is 0 Å². The van der Waals surface area contributed by atoms with Gasteiger partial charge < -0.3 is 4.40 Å². The predicted molar refractivity (Wildman–Crippen MR) is 156 cm³/mol. The van der Waals surface area contributed by atoms with Gasteiger partial charge in [0, 0.05) is 51.8 Å². The van der Waals surface area contributed by atoms with Crippen LogP contribution in [0.3, 0.4) is 0 Å². The van der Waals surface area contributed by atoms with Crippen molar-refractivity contribution in [2.75, 3.05) is 0 Å². The Kier molecular flexibility index (Phi) is 6.93. The molecule has 10 heteroatoms. The smallest absolute Gasteiger partial charge is 0.298 e. The Morgan fingerprint density at radius 3 is 1.87 bits per heavy atom. The van der Waals surface area contributed by atoms with Crippen LogP contribution < -0.4 is 11.1 Å². The minimum absolute atomic E-state index is 0.114. The van der Waals surface area contributed by atoms with E-state index in [1.54, 1.807) is 36.5 Å². The second kappa shape index (κ2) is 10.2. The van der Waals surface area contributed by atoms with Crippen LogP contribution in [0.25, 0.3) is 22.7 Å².